The third-order valence-electron chi connectivity index (χ3n) is 2.69. The Morgan fingerprint density at radius 2 is 1.94 bits per heavy atom. The van der Waals surface area contributed by atoms with Gasteiger partial charge < -0.3 is 5.73 Å². The van der Waals surface area contributed by atoms with Crippen molar-refractivity contribution < 1.29 is 4.79 Å². The van der Waals surface area contributed by atoms with Gasteiger partial charge in [0.2, 0.25) is 0 Å². The van der Waals surface area contributed by atoms with Crippen LogP contribution in [0.1, 0.15) is 10.4 Å². The molecule has 88 valence electrons. The molecule has 5 heteroatoms. The number of aromatic nitrogens is 3. The molecule has 0 spiro atoms. The van der Waals surface area contributed by atoms with E-state index in [0.29, 0.717) is 16.9 Å². The van der Waals surface area contributed by atoms with Crippen molar-refractivity contribution >= 4 is 11.6 Å². The summed E-state index contributed by atoms with van der Waals surface area (Å²) in [5.41, 5.74) is 7.66. The standard InChI is InChI=1S/C13H10N4O/c14-12(18)10-11(9-5-2-1-3-6-9)16-17-8-4-7-15-13(10)17/h1-8H,(H2,14,18). The van der Waals surface area contributed by atoms with E-state index in [-0.39, 0.29) is 0 Å². The molecule has 0 fully saturated rings. The first-order valence-electron chi connectivity index (χ1n) is 5.46. The lowest BCUT2D eigenvalue weighted by atomic mass is 10.1. The molecule has 0 aliphatic heterocycles. The van der Waals surface area contributed by atoms with Crippen LogP contribution in [0.3, 0.4) is 0 Å². The molecule has 0 unspecified atom stereocenters. The number of hydrogen-bond donors (Lipinski definition) is 1. The Bertz CT molecular complexity index is 718. The molecule has 0 aliphatic rings. The minimum Gasteiger partial charge on any atom is -0.365 e. The van der Waals surface area contributed by atoms with Crippen LogP contribution in [0.25, 0.3) is 16.9 Å². The Morgan fingerprint density at radius 3 is 2.67 bits per heavy atom. The van der Waals surface area contributed by atoms with E-state index in [1.165, 1.54) is 0 Å². The zero-order chi connectivity index (χ0) is 12.5. The number of fused-ring (bicyclic) bond motifs is 1. The van der Waals surface area contributed by atoms with Gasteiger partial charge in [-0.05, 0) is 6.07 Å². The van der Waals surface area contributed by atoms with Crippen molar-refractivity contribution in [1.82, 2.24) is 14.6 Å². The number of carbonyl (C=O) groups is 1. The second-order valence-corrected chi connectivity index (χ2v) is 3.84. The average Bonchev–Trinajstić information content (AvgIpc) is 2.79. The number of primary amides is 1. The minimum atomic E-state index is -0.525. The second kappa shape index (κ2) is 3.96. The summed E-state index contributed by atoms with van der Waals surface area (Å²) in [7, 11) is 0. The topological polar surface area (TPSA) is 73.3 Å². The summed E-state index contributed by atoms with van der Waals surface area (Å²) in [5.74, 6) is -0.525. The Balaban J connectivity index is 2.36. The van der Waals surface area contributed by atoms with Crippen LogP contribution in [0.5, 0.6) is 0 Å². The van der Waals surface area contributed by atoms with Crippen molar-refractivity contribution in [3.8, 4) is 11.3 Å². The lowest BCUT2D eigenvalue weighted by Crippen LogP contribution is -2.12. The highest BCUT2D eigenvalue weighted by Gasteiger charge is 2.19. The summed E-state index contributed by atoms with van der Waals surface area (Å²) in [4.78, 5) is 15.7. The Kier molecular flexibility index (Phi) is 2.30. The average molecular weight is 238 g/mol. The number of nitrogens with two attached hydrogens (primary N) is 1. The number of benzene rings is 1. The Morgan fingerprint density at radius 1 is 1.17 bits per heavy atom. The summed E-state index contributed by atoms with van der Waals surface area (Å²) in [6.07, 6.45) is 3.35. The summed E-state index contributed by atoms with van der Waals surface area (Å²) in [6.45, 7) is 0. The first kappa shape index (κ1) is 10.5. The largest absolute Gasteiger partial charge is 0.365 e. The van der Waals surface area contributed by atoms with Crippen LogP contribution >= 0.6 is 0 Å². The molecule has 0 atom stereocenters. The van der Waals surface area contributed by atoms with E-state index < -0.39 is 5.91 Å². The molecule has 0 saturated carbocycles. The van der Waals surface area contributed by atoms with Gasteiger partial charge >= 0.3 is 0 Å². The van der Waals surface area contributed by atoms with E-state index in [1.807, 2.05) is 30.3 Å². The van der Waals surface area contributed by atoms with E-state index in [2.05, 4.69) is 10.1 Å². The third-order valence-corrected chi connectivity index (χ3v) is 2.69. The van der Waals surface area contributed by atoms with Crippen LogP contribution in [-0.4, -0.2) is 20.5 Å². The monoisotopic (exact) mass is 238 g/mol. The highest BCUT2D eigenvalue weighted by atomic mass is 16.1. The van der Waals surface area contributed by atoms with Crippen molar-refractivity contribution in [1.29, 1.82) is 0 Å². The molecular formula is C13H10N4O. The van der Waals surface area contributed by atoms with E-state index in [9.17, 15) is 4.79 Å². The molecule has 0 radical (unpaired) electrons. The molecule has 2 heterocycles. The van der Waals surface area contributed by atoms with E-state index in [0.717, 1.165) is 5.56 Å². The molecule has 3 aromatic rings. The molecule has 1 aromatic carbocycles. The molecular weight excluding hydrogens is 228 g/mol. The van der Waals surface area contributed by atoms with Gasteiger partial charge in [0.1, 0.15) is 11.3 Å². The van der Waals surface area contributed by atoms with E-state index >= 15 is 0 Å². The Labute approximate surface area is 103 Å². The maximum absolute atomic E-state index is 11.6. The molecule has 1 amide bonds. The molecule has 2 aromatic heterocycles. The SMILES string of the molecule is NC(=O)c1c(-c2ccccc2)nn2cccnc12. The highest BCUT2D eigenvalue weighted by molar-refractivity contribution is 6.04. The lowest BCUT2D eigenvalue weighted by Gasteiger charge is -1.97. The van der Waals surface area contributed by atoms with Gasteiger partial charge in [0.15, 0.2) is 5.65 Å². The fourth-order valence-electron chi connectivity index (χ4n) is 1.91. The summed E-state index contributed by atoms with van der Waals surface area (Å²) in [5, 5.41) is 4.36. The summed E-state index contributed by atoms with van der Waals surface area (Å²) >= 11 is 0. The first-order chi connectivity index (χ1) is 8.77. The van der Waals surface area contributed by atoms with Crippen LogP contribution in [0.4, 0.5) is 0 Å². The maximum atomic E-state index is 11.6. The molecule has 0 bridgehead atoms. The van der Waals surface area contributed by atoms with Gasteiger partial charge in [-0.3, -0.25) is 4.79 Å². The maximum Gasteiger partial charge on any atom is 0.254 e. The predicted molar refractivity (Wildman–Crippen MR) is 66.9 cm³/mol. The van der Waals surface area contributed by atoms with Crippen LogP contribution < -0.4 is 5.73 Å². The van der Waals surface area contributed by atoms with Gasteiger partial charge in [0.05, 0.1) is 0 Å². The highest BCUT2D eigenvalue weighted by Crippen LogP contribution is 2.24. The smallest absolute Gasteiger partial charge is 0.254 e. The zero-order valence-corrected chi connectivity index (χ0v) is 9.45. The number of nitrogens with zero attached hydrogens (tertiary/aromatic N) is 3. The molecule has 3 rings (SSSR count). The van der Waals surface area contributed by atoms with Gasteiger partial charge in [0.25, 0.3) is 5.91 Å². The number of rotatable bonds is 2. The van der Waals surface area contributed by atoms with Crippen molar-refractivity contribution in [3.63, 3.8) is 0 Å². The van der Waals surface area contributed by atoms with Crippen LogP contribution in [0, 0.1) is 0 Å². The Hall–Kier alpha value is -2.69. The molecule has 2 N–H and O–H groups in total. The van der Waals surface area contributed by atoms with Crippen molar-refractivity contribution in [2.75, 3.05) is 0 Å². The van der Waals surface area contributed by atoms with Gasteiger partial charge in [-0.25, -0.2) is 9.50 Å². The van der Waals surface area contributed by atoms with Crippen molar-refractivity contribution in [2.45, 2.75) is 0 Å². The van der Waals surface area contributed by atoms with Gasteiger partial charge in [-0.2, -0.15) is 5.10 Å². The normalized spacial score (nSPS) is 10.7. The number of hydrogen-bond acceptors (Lipinski definition) is 3. The summed E-state index contributed by atoms with van der Waals surface area (Å²) < 4.78 is 1.56. The van der Waals surface area contributed by atoms with Crippen molar-refractivity contribution in [3.05, 3.63) is 54.4 Å². The van der Waals surface area contributed by atoms with Crippen LogP contribution in [0.2, 0.25) is 0 Å². The molecule has 5 nitrogen and oxygen atoms in total. The fraction of sp³-hybridized carbons (Fsp3) is 0. The van der Waals surface area contributed by atoms with Gasteiger partial charge in [0, 0.05) is 18.0 Å². The van der Waals surface area contributed by atoms with E-state index in [1.54, 1.807) is 23.0 Å². The summed E-state index contributed by atoms with van der Waals surface area (Å²) in [6, 6.07) is 11.2. The predicted octanol–water partition coefficient (Wildman–Crippen LogP) is 1.50. The molecule has 0 saturated heterocycles. The van der Waals surface area contributed by atoms with Gasteiger partial charge in [-0.15, -0.1) is 0 Å². The number of carbonyl (C=O) groups excluding carboxylic acids is 1. The van der Waals surface area contributed by atoms with Crippen LogP contribution in [0.15, 0.2) is 48.8 Å². The fourth-order valence-corrected chi connectivity index (χ4v) is 1.91. The third kappa shape index (κ3) is 1.53. The van der Waals surface area contributed by atoms with E-state index in [4.69, 9.17) is 5.73 Å². The minimum absolute atomic E-state index is 0.349. The van der Waals surface area contributed by atoms with Crippen molar-refractivity contribution in [2.24, 2.45) is 5.73 Å². The molecule has 0 aliphatic carbocycles. The molecule has 18 heavy (non-hydrogen) atoms. The zero-order valence-electron chi connectivity index (χ0n) is 9.45. The quantitative estimate of drug-likeness (QED) is 0.735. The number of amides is 1. The second-order valence-electron chi connectivity index (χ2n) is 3.84. The first-order valence-corrected chi connectivity index (χ1v) is 5.46. The van der Waals surface area contributed by atoms with Gasteiger partial charge in [-0.1, -0.05) is 30.3 Å². The lowest BCUT2D eigenvalue weighted by molar-refractivity contribution is 0.100. The van der Waals surface area contributed by atoms with Crippen LogP contribution in [-0.2, 0) is 0 Å².